The van der Waals surface area contributed by atoms with Crippen molar-refractivity contribution in [3.8, 4) is 5.75 Å². The maximum Gasteiger partial charge on any atom is 0.242 e. The molecule has 2 aromatic carbocycles. The highest BCUT2D eigenvalue weighted by Gasteiger charge is 2.16. The molecule has 0 saturated heterocycles. The minimum absolute atomic E-state index is 0.0587. The molecule has 0 saturated carbocycles. The van der Waals surface area contributed by atoms with Gasteiger partial charge in [0.1, 0.15) is 17.3 Å². The molecule has 124 valence electrons. The number of sulfonamides is 1. The number of ether oxygens (including phenoxy) is 1. The predicted octanol–water partition coefficient (Wildman–Crippen LogP) is 3.25. The summed E-state index contributed by atoms with van der Waals surface area (Å²) in [6, 6.07) is 15.6. The van der Waals surface area contributed by atoms with Crippen LogP contribution in [0.4, 0.5) is 0 Å². The van der Waals surface area contributed by atoms with Gasteiger partial charge in [-0.2, -0.15) is 0 Å². The second kappa shape index (κ2) is 7.17. The van der Waals surface area contributed by atoms with Crippen LogP contribution in [0.1, 0.15) is 0 Å². The Morgan fingerprint density at radius 1 is 1.08 bits per heavy atom. The lowest BCUT2D eigenvalue weighted by molar-refractivity contribution is 0.323. The van der Waals surface area contributed by atoms with Gasteiger partial charge in [-0.25, -0.2) is 13.1 Å². The molecule has 1 N–H and O–H groups in total. The predicted molar refractivity (Wildman–Crippen MR) is 93.9 cm³/mol. The molecule has 0 aliphatic rings. The zero-order valence-electron chi connectivity index (χ0n) is 12.6. The first kappa shape index (κ1) is 16.7. The Balaban J connectivity index is 1.59. The molecule has 0 unspecified atom stereocenters. The van der Waals surface area contributed by atoms with Crippen LogP contribution in [0.5, 0.6) is 5.75 Å². The van der Waals surface area contributed by atoms with Crippen molar-refractivity contribution in [2.45, 2.75) is 4.90 Å². The van der Waals surface area contributed by atoms with Crippen molar-refractivity contribution in [1.82, 2.24) is 9.71 Å². The van der Waals surface area contributed by atoms with Crippen LogP contribution < -0.4 is 9.46 Å². The maximum atomic E-state index is 12.2. The number of nitrogens with one attached hydrogen (secondary N) is 1. The second-order valence-corrected chi connectivity index (χ2v) is 7.18. The fourth-order valence-electron chi connectivity index (χ4n) is 2.23. The molecule has 1 heterocycles. The molecule has 0 bridgehead atoms. The zero-order valence-corrected chi connectivity index (χ0v) is 14.2. The van der Waals surface area contributed by atoms with Gasteiger partial charge in [0, 0.05) is 18.1 Å². The highest BCUT2D eigenvalue weighted by atomic mass is 35.5. The quantitative estimate of drug-likeness (QED) is 0.683. The number of halogens is 1. The lowest BCUT2D eigenvalue weighted by atomic mass is 10.2. The molecule has 0 spiro atoms. The van der Waals surface area contributed by atoms with E-state index in [1.54, 1.807) is 24.4 Å². The minimum Gasteiger partial charge on any atom is -0.492 e. The first-order valence-corrected chi connectivity index (χ1v) is 9.14. The van der Waals surface area contributed by atoms with Gasteiger partial charge in [0.25, 0.3) is 0 Å². The first-order chi connectivity index (χ1) is 11.6. The summed E-state index contributed by atoms with van der Waals surface area (Å²) in [5.74, 6) is 0.660. The zero-order chi connectivity index (χ0) is 17.0. The summed E-state index contributed by atoms with van der Waals surface area (Å²) >= 11 is 5.92. The number of rotatable bonds is 6. The van der Waals surface area contributed by atoms with Crippen molar-refractivity contribution in [2.24, 2.45) is 0 Å². The summed E-state index contributed by atoms with van der Waals surface area (Å²) in [6.07, 6.45) is 1.73. The largest absolute Gasteiger partial charge is 0.492 e. The first-order valence-electron chi connectivity index (χ1n) is 7.28. The SMILES string of the molecule is O=S(=O)(NCCOc1ccc2ncccc2c1)c1ccccc1Cl. The molecule has 0 amide bonds. The van der Waals surface area contributed by atoms with Gasteiger partial charge in [0.15, 0.2) is 0 Å². The third-order valence-corrected chi connectivity index (χ3v) is 5.32. The van der Waals surface area contributed by atoms with Crippen LogP contribution >= 0.6 is 11.6 Å². The normalized spacial score (nSPS) is 11.5. The van der Waals surface area contributed by atoms with E-state index in [2.05, 4.69) is 9.71 Å². The number of aromatic nitrogens is 1. The third kappa shape index (κ3) is 3.84. The highest BCUT2D eigenvalue weighted by molar-refractivity contribution is 7.89. The van der Waals surface area contributed by atoms with Gasteiger partial charge in [-0.15, -0.1) is 0 Å². The number of nitrogens with zero attached hydrogens (tertiary/aromatic N) is 1. The van der Waals surface area contributed by atoms with Gasteiger partial charge in [0.05, 0.1) is 10.5 Å². The summed E-state index contributed by atoms with van der Waals surface area (Å²) in [6.45, 7) is 0.341. The van der Waals surface area contributed by atoms with Crippen molar-refractivity contribution in [2.75, 3.05) is 13.2 Å². The summed E-state index contributed by atoms with van der Waals surface area (Å²) < 4.78 is 32.4. The molecule has 0 fully saturated rings. The molecule has 0 atom stereocenters. The average Bonchev–Trinajstić information content (AvgIpc) is 2.59. The van der Waals surface area contributed by atoms with Gasteiger partial charge in [0.2, 0.25) is 10.0 Å². The van der Waals surface area contributed by atoms with E-state index in [9.17, 15) is 8.42 Å². The number of fused-ring (bicyclic) bond motifs is 1. The van der Waals surface area contributed by atoms with Gasteiger partial charge in [-0.1, -0.05) is 29.8 Å². The lowest BCUT2D eigenvalue weighted by Gasteiger charge is -2.10. The Kier molecular flexibility index (Phi) is 4.99. The molecule has 0 aliphatic carbocycles. The fraction of sp³-hybridized carbons (Fsp3) is 0.118. The molecule has 0 radical (unpaired) electrons. The van der Waals surface area contributed by atoms with Gasteiger partial charge >= 0.3 is 0 Å². The molecule has 24 heavy (non-hydrogen) atoms. The Morgan fingerprint density at radius 3 is 2.75 bits per heavy atom. The molecule has 1 aromatic heterocycles. The van der Waals surface area contributed by atoms with Crippen molar-refractivity contribution in [3.05, 3.63) is 65.8 Å². The molecule has 3 aromatic rings. The molecule has 7 heteroatoms. The van der Waals surface area contributed by atoms with Crippen LogP contribution in [-0.4, -0.2) is 26.6 Å². The van der Waals surface area contributed by atoms with E-state index in [1.807, 2.05) is 24.3 Å². The van der Waals surface area contributed by atoms with E-state index in [4.69, 9.17) is 16.3 Å². The van der Waals surface area contributed by atoms with E-state index in [-0.39, 0.29) is 23.1 Å². The van der Waals surface area contributed by atoms with E-state index < -0.39 is 10.0 Å². The molecular weight excluding hydrogens is 348 g/mol. The Hall–Kier alpha value is -2.15. The van der Waals surface area contributed by atoms with Crippen LogP contribution in [-0.2, 0) is 10.0 Å². The summed E-state index contributed by atoms with van der Waals surface area (Å²) in [4.78, 5) is 4.29. The van der Waals surface area contributed by atoms with E-state index in [1.165, 1.54) is 12.1 Å². The Labute approximate surface area is 145 Å². The number of hydrogen-bond acceptors (Lipinski definition) is 4. The second-order valence-electron chi connectivity index (χ2n) is 5.03. The van der Waals surface area contributed by atoms with Gasteiger partial charge < -0.3 is 4.74 Å². The smallest absolute Gasteiger partial charge is 0.242 e. The summed E-state index contributed by atoms with van der Waals surface area (Å²) in [7, 11) is -3.65. The molecule has 3 rings (SSSR count). The average molecular weight is 363 g/mol. The van der Waals surface area contributed by atoms with Crippen LogP contribution in [0.25, 0.3) is 10.9 Å². The number of hydrogen-bond donors (Lipinski definition) is 1. The monoisotopic (exact) mass is 362 g/mol. The molecule has 5 nitrogen and oxygen atoms in total. The Bertz CT molecular complexity index is 961. The van der Waals surface area contributed by atoms with Crippen molar-refractivity contribution in [1.29, 1.82) is 0 Å². The van der Waals surface area contributed by atoms with E-state index in [0.29, 0.717) is 5.75 Å². The van der Waals surface area contributed by atoms with Crippen molar-refractivity contribution < 1.29 is 13.2 Å². The van der Waals surface area contributed by atoms with Crippen molar-refractivity contribution in [3.63, 3.8) is 0 Å². The number of benzene rings is 2. The molecular formula is C17H15ClN2O3S. The lowest BCUT2D eigenvalue weighted by Crippen LogP contribution is -2.28. The molecule has 0 aliphatic heterocycles. The summed E-state index contributed by atoms with van der Waals surface area (Å²) in [5.41, 5.74) is 0.879. The maximum absolute atomic E-state index is 12.2. The highest BCUT2D eigenvalue weighted by Crippen LogP contribution is 2.20. The van der Waals surface area contributed by atoms with Crippen LogP contribution in [0, 0.1) is 0 Å². The van der Waals surface area contributed by atoms with Crippen LogP contribution in [0.15, 0.2) is 65.7 Å². The van der Waals surface area contributed by atoms with Crippen molar-refractivity contribution >= 4 is 32.5 Å². The Morgan fingerprint density at radius 2 is 1.92 bits per heavy atom. The summed E-state index contributed by atoms with van der Waals surface area (Å²) in [5, 5.41) is 1.15. The van der Waals surface area contributed by atoms with Gasteiger partial charge in [-0.3, -0.25) is 4.98 Å². The standard InChI is InChI=1S/C17H15ClN2O3S/c18-15-5-1-2-6-17(15)24(21,22)20-10-11-23-14-7-8-16-13(12-14)4-3-9-19-16/h1-9,12,20H,10-11H2. The fourth-order valence-corrected chi connectivity index (χ4v) is 3.76. The van der Waals surface area contributed by atoms with Crippen LogP contribution in [0.3, 0.4) is 0 Å². The van der Waals surface area contributed by atoms with E-state index >= 15 is 0 Å². The minimum atomic E-state index is -3.65. The van der Waals surface area contributed by atoms with E-state index in [0.717, 1.165) is 10.9 Å². The van der Waals surface area contributed by atoms with Crippen LogP contribution in [0.2, 0.25) is 5.02 Å². The van der Waals surface area contributed by atoms with Gasteiger partial charge in [-0.05, 0) is 36.4 Å². The topological polar surface area (TPSA) is 68.3 Å². The third-order valence-electron chi connectivity index (χ3n) is 3.36. The number of pyridine rings is 1.